The minimum absolute atomic E-state index is 0.181. The molecule has 0 amide bonds. The number of aryl methyl sites for hydroxylation is 2. The van der Waals surface area contributed by atoms with E-state index < -0.39 is 0 Å². The first-order chi connectivity index (χ1) is 12.6. The van der Waals surface area contributed by atoms with Crippen molar-refractivity contribution < 1.29 is 4.74 Å². The van der Waals surface area contributed by atoms with E-state index in [0.29, 0.717) is 17.1 Å². The van der Waals surface area contributed by atoms with Crippen LogP contribution in [-0.2, 0) is 6.42 Å². The van der Waals surface area contributed by atoms with Crippen LogP contribution >= 0.6 is 0 Å². The number of pyridine rings is 2. The SMILES string of the molecule is CCCCCCc1nc(C)c2cc(-c3ccc(OC)nc3)c(=O)[nH]c2n1. The van der Waals surface area contributed by atoms with Gasteiger partial charge in [0.05, 0.1) is 12.8 Å². The Morgan fingerprint density at radius 3 is 2.69 bits per heavy atom. The predicted molar refractivity (Wildman–Crippen MR) is 103 cm³/mol. The molecule has 0 radical (unpaired) electrons. The van der Waals surface area contributed by atoms with Crippen molar-refractivity contribution >= 4 is 11.0 Å². The van der Waals surface area contributed by atoms with E-state index in [4.69, 9.17) is 4.74 Å². The summed E-state index contributed by atoms with van der Waals surface area (Å²) in [6, 6.07) is 5.40. The molecule has 0 aliphatic rings. The number of rotatable bonds is 7. The Labute approximate surface area is 152 Å². The number of nitrogens with one attached hydrogen (secondary N) is 1. The highest BCUT2D eigenvalue weighted by atomic mass is 16.5. The molecule has 0 spiro atoms. The van der Waals surface area contributed by atoms with Crippen LogP contribution in [0.2, 0.25) is 0 Å². The van der Waals surface area contributed by atoms with Crippen LogP contribution in [0.5, 0.6) is 5.88 Å². The van der Waals surface area contributed by atoms with Gasteiger partial charge in [0.1, 0.15) is 11.5 Å². The second-order valence-corrected chi connectivity index (χ2v) is 6.40. The molecule has 136 valence electrons. The number of unbranched alkanes of at least 4 members (excludes halogenated alkanes) is 3. The van der Waals surface area contributed by atoms with E-state index in [9.17, 15) is 4.79 Å². The predicted octanol–water partition coefficient (Wildman–Crippen LogP) is 3.82. The van der Waals surface area contributed by atoms with Crippen molar-refractivity contribution in [3.8, 4) is 17.0 Å². The topological polar surface area (TPSA) is 80.8 Å². The summed E-state index contributed by atoms with van der Waals surface area (Å²) in [5, 5.41) is 0.854. The van der Waals surface area contributed by atoms with E-state index in [1.165, 1.54) is 19.3 Å². The molecule has 0 aliphatic carbocycles. The quantitative estimate of drug-likeness (QED) is 0.654. The third-order valence-electron chi connectivity index (χ3n) is 4.46. The number of aromatic nitrogens is 4. The molecular weight excluding hydrogens is 328 g/mol. The molecule has 0 aromatic carbocycles. The van der Waals surface area contributed by atoms with Gasteiger partial charge in [0, 0.05) is 35.2 Å². The summed E-state index contributed by atoms with van der Waals surface area (Å²) < 4.78 is 5.07. The fourth-order valence-corrected chi connectivity index (χ4v) is 2.99. The fourth-order valence-electron chi connectivity index (χ4n) is 2.99. The Kier molecular flexibility index (Phi) is 5.61. The largest absolute Gasteiger partial charge is 0.481 e. The number of nitrogens with zero attached hydrogens (tertiary/aromatic N) is 3. The lowest BCUT2D eigenvalue weighted by Gasteiger charge is -2.08. The maximum Gasteiger partial charge on any atom is 0.257 e. The molecule has 0 atom stereocenters. The van der Waals surface area contributed by atoms with Crippen molar-refractivity contribution in [2.45, 2.75) is 46.0 Å². The first kappa shape index (κ1) is 18.0. The van der Waals surface area contributed by atoms with Gasteiger partial charge in [-0.1, -0.05) is 26.2 Å². The first-order valence-electron chi connectivity index (χ1n) is 9.03. The van der Waals surface area contributed by atoms with E-state index in [1.54, 1.807) is 19.4 Å². The molecule has 6 heteroatoms. The van der Waals surface area contributed by atoms with Crippen molar-refractivity contribution in [2.75, 3.05) is 7.11 Å². The van der Waals surface area contributed by atoms with Gasteiger partial charge in [-0.05, 0) is 25.5 Å². The third-order valence-corrected chi connectivity index (χ3v) is 4.46. The van der Waals surface area contributed by atoms with E-state index >= 15 is 0 Å². The Bertz CT molecular complexity index is 948. The number of H-pyrrole nitrogens is 1. The summed E-state index contributed by atoms with van der Waals surface area (Å²) in [6.07, 6.45) is 7.14. The van der Waals surface area contributed by atoms with E-state index in [1.807, 2.05) is 19.1 Å². The normalized spacial score (nSPS) is 11.0. The number of fused-ring (bicyclic) bond motifs is 1. The molecular formula is C20H24N4O2. The van der Waals surface area contributed by atoms with Crippen molar-refractivity contribution in [3.05, 3.63) is 46.3 Å². The van der Waals surface area contributed by atoms with Crippen LogP contribution in [0.15, 0.2) is 29.2 Å². The van der Waals surface area contributed by atoms with Gasteiger partial charge in [-0.3, -0.25) is 4.79 Å². The van der Waals surface area contributed by atoms with Crippen molar-refractivity contribution in [3.63, 3.8) is 0 Å². The molecule has 0 saturated carbocycles. The van der Waals surface area contributed by atoms with Crippen LogP contribution in [0.3, 0.4) is 0 Å². The highest BCUT2D eigenvalue weighted by Crippen LogP contribution is 2.21. The van der Waals surface area contributed by atoms with Gasteiger partial charge in [-0.25, -0.2) is 15.0 Å². The van der Waals surface area contributed by atoms with Gasteiger partial charge in [0.15, 0.2) is 0 Å². The number of aromatic amines is 1. The molecule has 0 bridgehead atoms. The Balaban J connectivity index is 1.95. The smallest absolute Gasteiger partial charge is 0.257 e. The lowest BCUT2D eigenvalue weighted by molar-refractivity contribution is 0.398. The Morgan fingerprint density at radius 1 is 1.15 bits per heavy atom. The zero-order valence-corrected chi connectivity index (χ0v) is 15.5. The van der Waals surface area contributed by atoms with Crippen LogP contribution in [0.25, 0.3) is 22.2 Å². The zero-order chi connectivity index (χ0) is 18.5. The molecule has 1 N–H and O–H groups in total. The summed E-state index contributed by atoms with van der Waals surface area (Å²) in [6.45, 7) is 4.14. The molecule has 0 saturated heterocycles. The van der Waals surface area contributed by atoms with Gasteiger partial charge in [0.25, 0.3) is 5.56 Å². The fraction of sp³-hybridized carbons (Fsp3) is 0.400. The van der Waals surface area contributed by atoms with Gasteiger partial charge in [-0.15, -0.1) is 0 Å². The van der Waals surface area contributed by atoms with Gasteiger partial charge in [-0.2, -0.15) is 0 Å². The van der Waals surface area contributed by atoms with Gasteiger partial charge < -0.3 is 9.72 Å². The third kappa shape index (κ3) is 3.90. The summed E-state index contributed by atoms with van der Waals surface area (Å²) >= 11 is 0. The van der Waals surface area contributed by atoms with E-state index in [-0.39, 0.29) is 5.56 Å². The average molecular weight is 352 g/mol. The van der Waals surface area contributed by atoms with Crippen LogP contribution in [0.1, 0.15) is 44.1 Å². The number of hydrogen-bond acceptors (Lipinski definition) is 5. The van der Waals surface area contributed by atoms with Crippen LogP contribution < -0.4 is 10.3 Å². The van der Waals surface area contributed by atoms with Crippen LogP contribution in [-0.4, -0.2) is 27.0 Å². The lowest BCUT2D eigenvalue weighted by Crippen LogP contribution is -2.12. The van der Waals surface area contributed by atoms with Crippen molar-refractivity contribution in [2.24, 2.45) is 0 Å². The highest BCUT2D eigenvalue weighted by Gasteiger charge is 2.11. The van der Waals surface area contributed by atoms with Crippen molar-refractivity contribution in [1.29, 1.82) is 0 Å². The maximum atomic E-state index is 12.5. The molecule has 0 fully saturated rings. The minimum atomic E-state index is -0.181. The molecule has 0 aliphatic heterocycles. The van der Waals surface area contributed by atoms with Crippen LogP contribution in [0.4, 0.5) is 0 Å². The number of methoxy groups -OCH3 is 1. The summed E-state index contributed by atoms with van der Waals surface area (Å²) in [5.74, 6) is 1.30. The van der Waals surface area contributed by atoms with Crippen LogP contribution in [0, 0.1) is 6.92 Å². The lowest BCUT2D eigenvalue weighted by atomic mass is 10.1. The van der Waals surface area contributed by atoms with Crippen molar-refractivity contribution in [1.82, 2.24) is 19.9 Å². The molecule has 6 nitrogen and oxygen atoms in total. The van der Waals surface area contributed by atoms with Gasteiger partial charge >= 0.3 is 0 Å². The summed E-state index contributed by atoms with van der Waals surface area (Å²) in [5.41, 5.74) is 2.57. The Hall–Kier alpha value is -2.76. The molecule has 3 aromatic heterocycles. The Morgan fingerprint density at radius 2 is 2.00 bits per heavy atom. The molecule has 0 unspecified atom stereocenters. The van der Waals surface area contributed by atoms with E-state index in [2.05, 4.69) is 26.9 Å². The summed E-state index contributed by atoms with van der Waals surface area (Å²) in [7, 11) is 1.56. The van der Waals surface area contributed by atoms with E-state index in [0.717, 1.165) is 35.3 Å². The monoisotopic (exact) mass is 352 g/mol. The minimum Gasteiger partial charge on any atom is -0.481 e. The van der Waals surface area contributed by atoms with Gasteiger partial charge in [0.2, 0.25) is 5.88 Å². The second kappa shape index (κ2) is 8.08. The summed E-state index contributed by atoms with van der Waals surface area (Å²) in [4.78, 5) is 28.8. The second-order valence-electron chi connectivity index (χ2n) is 6.40. The molecule has 3 heterocycles. The molecule has 26 heavy (non-hydrogen) atoms. The number of hydrogen-bond donors (Lipinski definition) is 1. The average Bonchev–Trinajstić information content (AvgIpc) is 2.65. The highest BCUT2D eigenvalue weighted by molar-refractivity contribution is 5.82. The maximum absolute atomic E-state index is 12.5. The molecule has 3 rings (SSSR count). The zero-order valence-electron chi connectivity index (χ0n) is 15.5. The molecule has 3 aromatic rings. The number of ether oxygens (including phenoxy) is 1. The first-order valence-corrected chi connectivity index (χ1v) is 9.03. The standard InChI is InChI=1S/C20H24N4O2/c1-4-5-6-7-8-17-22-13(2)15-11-16(20(25)24-19(15)23-17)14-9-10-18(26-3)21-12-14/h9-12H,4-8H2,1-3H3,(H,22,23,24,25).